The summed E-state index contributed by atoms with van der Waals surface area (Å²) in [5, 5.41) is 15.2. The molecule has 3 rings (SSSR count). The van der Waals surface area contributed by atoms with E-state index >= 15 is 0 Å². The van der Waals surface area contributed by atoms with Crippen LogP contribution in [0.5, 0.6) is 0 Å². The molecule has 0 N–H and O–H groups in total. The van der Waals surface area contributed by atoms with Gasteiger partial charge < -0.3 is 0 Å². The van der Waals surface area contributed by atoms with Crippen LogP contribution in [0.2, 0.25) is 0 Å². The van der Waals surface area contributed by atoms with E-state index in [1.165, 1.54) is 40.7 Å². The number of hydrogen-bond acceptors (Lipinski definition) is 5. The lowest BCUT2D eigenvalue weighted by atomic mass is 10.2. The molecule has 0 aliphatic heterocycles. The molecular formula is C20H21FN4O4S. The van der Waals surface area contributed by atoms with Gasteiger partial charge in [0, 0.05) is 43.5 Å². The summed E-state index contributed by atoms with van der Waals surface area (Å²) in [5.74, 6) is -0.413. The number of nitro benzene ring substituents is 1. The number of nitrogens with zero attached hydrogens (tertiary/aromatic N) is 4. The largest absolute Gasteiger partial charge is 0.272 e. The van der Waals surface area contributed by atoms with Gasteiger partial charge >= 0.3 is 0 Å². The topological polar surface area (TPSA) is 98.3 Å². The molecule has 1 heterocycles. The third-order valence-corrected chi connectivity index (χ3v) is 6.48. The van der Waals surface area contributed by atoms with E-state index in [-0.39, 0.29) is 23.7 Å². The number of non-ortho nitro benzene ring substituents is 1. The predicted molar refractivity (Wildman–Crippen MR) is 109 cm³/mol. The minimum Gasteiger partial charge on any atom is -0.272 e. The first-order valence-corrected chi connectivity index (χ1v) is 10.7. The number of aromatic nitrogens is 2. The van der Waals surface area contributed by atoms with E-state index in [0.29, 0.717) is 17.8 Å². The maximum Gasteiger partial charge on any atom is 0.269 e. The predicted octanol–water partition coefficient (Wildman–Crippen LogP) is 3.65. The van der Waals surface area contributed by atoms with Crippen molar-refractivity contribution in [2.75, 3.05) is 0 Å². The molecule has 2 aromatic carbocycles. The quantitative estimate of drug-likeness (QED) is 0.400. The van der Waals surface area contributed by atoms with Crippen LogP contribution >= 0.6 is 0 Å². The molecular weight excluding hydrogens is 411 g/mol. The van der Waals surface area contributed by atoms with E-state index < -0.39 is 20.8 Å². The van der Waals surface area contributed by atoms with Crippen LogP contribution in [0.4, 0.5) is 10.1 Å². The van der Waals surface area contributed by atoms with Crippen LogP contribution in [0, 0.1) is 22.9 Å². The summed E-state index contributed by atoms with van der Waals surface area (Å²) in [5.41, 5.74) is 1.87. The highest BCUT2D eigenvalue weighted by Gasteiger charge is 2.27. The molecule has 0 unspecified atom stereocenters. The van der Waals surface area contributed by atoms with E-state index in [4.69, 9.17) is 0 Å². The van der Waals surface area contributed by atoms with Crippen molar-refractivity contribution in [1.82, 2.24) is 14.1 Å². The number of benzene rings is 2. The lowest BCUT2D eigenvalue weighted by Crippen LogP contribution is -2.30. The second kappa shape index (κ2) is 8.72. The average molecular weight is 432 g/mol. The summed E-state index contributed by atoms with van der Waals surface area (Å²) < 4.78 is 42.9. The summed E-state index contributed by atoms with van der Waals surface area (Å²) in [6.45, 7) is 4.45. The van der Waals surface area contributed by atoms with Gasteiger partial charge in [-0.2, -0.15) is 9.40 Å². The second-order valence-electron chi connectivity index (χ2n) is 6.75. The zero-order valence-electron chi connectivity index (χ0n) is 16.5. The molecule has 0 radical (unpaired) electrons. The van der Waals surface area contributed by atoms with Crippen molar-refractivity contribution in [2.24, 2.45) is 0 Å². The van der Waals surface area contributed by atoms with Gasteiger partial charge in [0.2, 0.25) is 10.0 Å². The number of rotatable bonds is 8. The highest BCUT2D eigenvalue weighted by Crippen LogP contribution is 2.24. The van der Waals surface area contributed by atoms with E-state index in [1.54, 1.807) is 17.8 Å². The van der Waals surface area contributed by atoms with Crippen molar-refractivity contribution in [1.29, 1.82) is 0 Å². The molecule has 0 atom stereocenters. The fourth-order valence-electron chi connectivity index (χ4n) is 2.97. The number of nitro groups is 1. The van der Waals surface area contributed by atoms with Gasteiger partial charge in [-0.05, 0) is 43.7 Å². The Balaban J connectivity index is 1.98. The molecule has 0 aliphatic carbocycles. The van der Waals surface area contributed by atoms with Crippen LogP contribution in [0.3, 0.4) is 0 Å². The molecule has 10 heteroatoms. The molecule has 158 valence electrons. The standard InChI is InChI=1S/C20H21FN4O4S/c1-3-23-13-17(15(2)22-23)14-24(12-16-4-6-18(21)7-5-16)30(28,29)20-10-8-19(9-11-20)25(26)27/h4-11,13H,3,12,14H2,1-2H3. The van der Waals surface area contributed by atoms with Gasteiger partial charge in [0.25, 0.3) is 5.69 Å². The van der Waals surface area contributed by atoms with Gasteiger partial charge in [-0.3, -0.25) is 14.8 Å². The SMILES string of the molecule is CCn1cc(CN(Cc2ccc(F)cc2)S(=O)(=O)c2ccc([N+](=O)[O-])cc2)c(C)n1. The molecule has 0 fully saturated rings. The Kier molecular flexibility index (Phi) is 6.28. The Morgan fingerprint density at radius 2 is 1.73 bits per heavy atom. The van der Waals surface area contributed by atoms with E-state index in [1.807, 2.05) is 6.92 Å². The Morgan fingerprint density at radius 3 is 2.27 bits per heavy atom. The Morgan fingerprint density at radius 1 is 1.10 bits per heavy atom. The van der Waals surface area contributed by atoms with E-state index in [2.05, 4.69) is 5.10 Å². The van der Waals surface area contributed by atoms with Crippen molar-refractivity contribution in [3.8, 4) is 0 Å². The van der Waals surface area contributed by atoms with E-state index in [9.17, 15) is 22.9 Å². The molecule has 8 nitrogen and oxygen atoms in total. The smallest absolute Gasteiger partial charge is 0.269 e. The number of sulfonamides is 1. The Labute approximate surface area is 173 Å². The number of hydrogen-bond donors (Lipinski definition) is 0. The third-order valence-electron chi connectivity index (χ3n) is 4.68. The van der Waals surface area contributed by atoms with Gasteiger partial charge in [0.1, 0.15) is 5.82 Å². The van der Waals surface area contributed by atoms with Gasteiger partial charge in [-0.15, -0.1) is 0 Å². The fourth-order valence-corrected chi connectivity index (χ4v) is 4.38. The van der Waals surface area contributed by atoms with Crippen molar-refractivity contribution in [3.63, 3.8) is 0 Å². The van der Waals surface area contributed by atoms with Gasteiger partial charge in [0.05, 0.1) is 15.5 Å². The average Bonchev–Trinajstić information content (AvgIpc) is 3.08. The van der Waals surface area contributed by atoms with Crippen LogP contribution in [0.25, 0.3) is 0 Å². The van der Waals surface area contributed by atoms with Crippen molar-refractivity contribution < 1.29 is 17.7 Å². The molecule has 3 aromatic rings. The summed E-state index contributed by atoms with van der Waals surface area (Å²) in [6.07, 6.45) is 1.79. The molecule has 0 amide bonds. The van der Waals surface area contributed by atoms with Crippen LogP contribution in [-0.4, -0.2) is 27.4 Å². The highest BCUT2D eigenvalue weighted by molar-refractivity contribution is 7.89. The van der Waals surface area contributed by atoms with E-state index in [0.717, 1.165) is 17.7 Å². The maximum absolute atomic E-state index is 13.3. The van der Waals surface area contributed by atoms with Gasteiger partial charge in [-0.25, -0.2) is 12.8 Å². The van der Waals surface area contributed by atoms with Crippen molar-refractivity contribution in [2.45, 2.75) is 38.4 Å². The second-order valence-corrected chi connectivity index (χ2v) is 8.68. The fraction of sp³-hybridized carbons (Fsp3) is 0.250. The minimum absolute atomic E-state index is 0.0103. The number of aryl methyl sites for hydroxylation is 2. The summed E-state index contributed by atoms with van der Waals surface area (Å²) in [4.78, 5) is 10.2. The minimum atomic E-state index is -3.98. The molecule has 0 bridgehead atoms. The highest BCUT2D eigenvalue weighted by atomic mass is 32.2. The molecule has 0 aliphatic rings. The summed E-state index contributed by atoms with van der Waals surface area (Å²) >= 11 is 0. The van der Waals surface area contributed by atoms with Crippen molar-refractivity contribution >= 4 is 15.7 Å². The number of halogens is 1. The first kappa shape index (κ1) is 21.6. The Hall–Kier alpha value is -3.11. The lowest BCUT2D eigenvalue weighted by molar-refractivity contribution is -0.384. The van der Waals surface area contributed by atoms with Crippen LogP contribution in [0.15, 0.2) is 59.6 Å². The molecule has 30 heavy (non-hydrogen) atoms. The van der Waals surface area contributed by atoms with Crippen molar-refractivity contribution in [3.05, 3.63) is 87.5 Å². The summed E-state index contributed by atoms with van der Waals surface area (Å²) in [7, 11) is -3.98. The third kappa shape index (κ3) is 4.71. The Bertz CT molecular complexity index is 1140. The maximum atomic E-state index is 13.3. The zero-order chi connectivity index (χ0) is 21.9. The van der Waals surface area contributed by atoms with Crippen LogP contribution in [-0.2, 0) is 29.7 Å². The van der Waals surface area contributed by atoms with Crippen LogP contribution < -0.4 is 0 Å². The first-order chi connectivity index (χ1) is 14.2. The summed E-state index contributed by atoms with van der Waals surface area (Å²) in [6, 6.07) is 10.3. The van der Waals surface area contributed by atoms with Gasteiger partial charge in [0.15, 0.2) is 0 Å². The lowest BCUT2D eigenvalue weighted by Gasteiger charge is -2.22. The van der Waals surface area contributed by atoms with Gasteiger partial charge in [-0.1, -0.05) is 12.1 Å². The first-order valence-electron chi connectivity index (χ1n) is 9.22. The van der Waals surface area contributed by atoms with Crippen LogP contribution in [0.1, 0.15) is 23.7 Å². The molecule has 0 spiro atoms. The molecule has 0 saturated carbocycles. The monoisotopic (exact) mass is 432 g/mol. The molecule has 0 saturated heterocycles. The zero-order valence-corrected chi connectivity index (χ0v) is 17.3. The molecule has 1 aromatic heterocycles. The normalized spacial score (nSPS) is 11.7.